The molecule has 0 bridgehead atoms. The lowest BCUT2D eigenvalue weighted by Crippen LogP contribution is -2.19. The Bertz CT molecular complexity index is 528. The average Bonchev–Trinajstić information content (AvgIpc) is 3.10. The van der Waals surface area contributed by atoms with E-state index >= 15 is 0 Å². The van der Waals surface area contributed by atoms with Gasteiger partial charge in [0.05, 0.1) is 13.1 Å². The first-order valence-corrected chi connectivity index (χ1v) is 6.47. The number of aromatic nitrogens is 3. The van der Waals surface area contributed by atoms with Crippen LogP contribution in [0.2, 0.25) is 0 Å². The van der Waals surface area contributed by atoms with Gasteiger partial charge in [-0.25, -0.2) is 9.67 Å². The zero-order chi connectivity index (χ0) is 12.4. The van der Waals surface area contributed by atoms with Crippen molar-refractivity contribution < 1.29 is 0 Å². The molecule has 94 valence electrons. The van der Waals surface area contributed by atoms with Crippen LogP contribution in [0.15, 0.2) is 30.6 Å². The van der Waals surface area contributed by atoms with Crippen molar-refractivity contribution in [2.45, 2.75) is 38.9 Å². The van der Waals surface area contributed by atoms with Crippen molar-refractivity contribution in [3.8, 4) is 0 Å². The van der Waals surface area contributed by atoms with Crippen molar-refractivity contribution >= 4 is 0 Å². The van der Waals surface area contributed by atoms with Crippen LogP contribution in [0, 0.1) is 6.92 Å². The molecule has 2 aromatic rings. The van der Waals surface area contributed by atoms with E-state index in [4.69, 9.17) is 0 Å². The Morgan fingerprint density at radius 2 is 2.17 bits per heavy atom. The Morgan fingerprint density at radius 3 is 2.94 bits per heavy atom. The zero-order valence-corrected chi connectivity index (χ0v) is 10.6. The van der Waals surface area contributed by atoms with Gasteiger partial charge in [-0.2, -0.15) is 5.10 Å². The third-order valence-electron chi connectivity index (χ3n) is 3.40. The van der Waals surface area contributed by atoms with Crippen LogP contribution >= 0.6 is 0 Å². The van der Waals surface area contributed by atoms with Crippen LogP contribution in [0.4, 0.5) is 0 Å². The van der Waals surface area contributed by atoms with Crippen molar-refractivity contribution in [3.63, 3.8) is 0 Å². The fraction of sp³-hybridized carbons (Fsp3) is 0.429. The summed E-state index contributed by atoms with van der Waals surface area (Å²) in [6.45, 7) is 3.75. The van der Waals surface area contributed by atoms with Gasteiger partial charge < -0.3 is 5.32 Å². The molecular formula is C14H18N4. The van der Waals surface area contributed by atoms with E-state index in [1.54, 1.807) is 6.33 Å². The van der Waals surface area contributed by atoms with Crippen molar-refractivity contribution in [2.24, 2.45) is 0 Å². The molecule has 1 aliphatic carbocycles. The molecule has 0 amide bonds. The molecule has 4 nitrogen and oxygen atoms in total. The quantitative estimate of drug-likeness (QED) is 0.870. The van der Waals surface area contributed by atoms with Crippen LogP contribution in [0.25, 0.3) is 0 Å². The van der Waals surface area contributed by atoms with Crippen LogP contribution in [0.5, 0.6) is 0 Å². The first-order valence-electron chi connectivity index (χ1n) is 6.47. The summed E-state index contributed by atoms with van der Waals surface area (Å²) in [6.07, 6.45) is 4.24. The van der Waals surface area contributed by atoms with Crippen LogP contribution < -0.4 is 5.32 Å². The molecule has 1 heterocycles. The van der Waals surface area contributed by atoms with Gasteiger partial charge in [-0.1, -0.05) is 24.3 Å². The SMILES string of the molecule is Cc1ccccc1Cn1ncnc1CNC1CC1. The summed E-state index contributed by atoms with van der Waals surface area (Å²) in [7, 11) is 0. The number of hydrogen-bond donors (Lipinski definition) is 1. The van der Waals surface area contributed by atoms with Crippen LogP contribution in [-0.4, -0.2) is 20.8 Å². The van der Waals surface area contributed by atoms with Crippen LogP contribution in [-0.2, 0) is 13.1 Å². The van der Waals surface area contributed by atoms with Crippen LogP contribution in [0.3, 0.4) is 0 Å². The van der Waals surface area contributed by atoms with Crippen molar-refractivity contribution in [2.75, 3.05) is 0 Å². The molecule has 1 aromatic carbocycles. The highest BCUT2D eigenvalue weighted by molar-refractivity contribution is 5.25. The maximum atomic E-state index is 4.33. The highest BCUT2D eigenvalue weighted by Gasteiger charge is 2.21. The van der Waals surface area contributed by atoms with E-state index in [1.807, 2.05) is 4.68 Å². The summed E-state index contributed by atoms with van der Waals surface area (Å²) in [5, 5.41) is 7.79. The van der Waals surface area contributed by atoms with Crippen molar-refractivity contribution in [1.29, 1.82) is 0 Å². The lowest BCUT2D eigenvalue weighted by molar-refractivity contribution is 0.582. The molecule has 3 rings (SSSR count). The molecule has 4 heteroatoms. The normalized spacial score (nSPS) is 14.9. The van der Waals surface area contributed by atoms with Crippen molar-refractivity contribution in [3.05, 3.63) is 47.5 Å². The minimum Gasteiger partial charge on any atom is -0.307 e. The van der Waals surface area contributed by atoms with Crippen LogP contribution in [0.1, 0.15) is 29.8 Å². The third-order valence-corrected chi connectivity index (χ3v) is 3.40. The monoisotopic (exact) mass is 242 g/mol. The molecule has 0 radical (unpaired) electrons. The molecule has 1 saturated carbocycles. The molecule has 0 saturated heterocycles. The minimum absolute atomic E-state index is 0.702. The standard InChI is InChI=1S/C14H18N4/c1-11-4-2-3-5-12(11)9-18-14(16-10-17-18)8-15-13-6-7-13/h2-5,10,13,15H,6-9H2,1H3. The van der Waals surface area contributed by atoms with Gasteiger partial charge in [0.25, 0.3) is 0 Å². The van der Waals surface area contributed by atoms with Gasteiger partial charge in [0, 0.05) is 6.04 Å². The lowest BCUT2D eigenvalue weighted by atomic mass is 10.1. The topological polar surface area (TPSA) is 42.7 Å². The minimum atomic E-state index is 0.702. The maximum absolute atomic E-state index is 4.33. The van der Waals surface area contributed by atoms with E-state index in [2.05, 4.69) is 46.6 Å². The Morgan fingerprint density at radius 1 is 1.33 bits per heavy atom. The molecule has 0 atom stereocenters. The fourth-order valence-corrected chi connectivity index (χ4v) is 2.03. The number of nitrogens with one attached hydrogen (secondary N) is 1. The molecule has 18 heavy (non-hydrogen) atoms. The second kappa shape index (κ2) is 4.90. The third kappa shape index (κ3) is 2.59. The molecule has 0 spiro atoms. The number of benzene rings is 1. The van der Waals surface area contributed by atoms with E-state index in [0.717, 1.165) is 18.9 Å². The Hall–Kier alpha value is -1.68. The molecule has 1 fully saturated rings. The smallest absolute Gasteiger partial charge is 0.141 e. The van der Waals surface area contributed by atoms with Gasteiger partial charge in [-0.3, -0.25) is 0 Å². The van der Waals surface area contributed by atoms with E-state index in [-0.39, 0.29) is 0 Å². The molecular weight excluding hydrogens is 224 g/mol. The predicted molar refractivity (Wildman–Crippen MR) is 70.2 cm³/mol. The molecule has 1 aliphatic rings. The van der Waals surface area contributed by atoms with Gasteiger partial charge in [-0.05, 0) is 30.9 Å². The summed E-state index contributed by atoms with van der Waals surface area (Å²) in [5.41, 5.74) is 2.60. The summed E-state index contributed by atoms with van der Waals surface area (Å²) in [6, 6.07) is 9.12. The first kappa shape index (κ1) is 11.4. The Balaban J connectivity index is 1.71. The van der Waals surface area contributed by atoms with E-state index in [9.17, 15) is 0 Å². The van der Waals surface area contributed by atoms with E-state index in [1.165, 1.54) is 24.0 Å². The average molecular weight is 242 g/mol. The first-order chi connectivity index (χ1) is 8.83. The predicted octanol–water partition coefficient (Wildman–Crippen LogP) is 1.89. The lowest BCUT2D eigenvalue weighted by Gasteiger charge is -2.09. The van der Waals surface area contributed by atoms with E-state index in [0.29, 0.717) is 6.04 Å². The highest BCUT2D eigenvalue weighted by Crippen LogP contribution is 2.19. The van der Waals surface area contributed by atoms with Crippen molar-refractivity contribution in [1.82, 2.24) is 20.1 Å². The van der Waals surface area contributed by atoms with Gasteiger partial charge in [0.2, 0.25) is 0 Å². The summed E-state index contributed by atoms with van der Waals surface area (Å²) >= 11 is 0. The van der Waals surface area contributed by atoms with Gasteiger partial charge >= 0.3 is 0 Å². The van der Waals surface area contributed by atoms with E-state index < -0.39 is 0 Å². The summed E-state index contributed by atoms with van der Waals surface area (Å²) in [4.78, 5) is 4.33. The maximum Gasteiger partial charge on any atom is 0.141 e. The second-order valence-electron chi connectivity index (χ2n) is 4.92. The van der Waals surface area contributed by atoms with Gasteiger partial charge in [0.15, 0.2) is 0 Å². The molecule has 0 aliphatic heterocycles. The molecule has 1 N–H and O–H groups in total. The number of hydrogen-bond acceptors (Lipinski definition) is 3. The molecule has 1 aromatic heterocycles. The highest BCUT2D eigenvalue weighted by atomic mass is 15.3. The molecule has 0 unspecified atom stereocenters. The zero-order valence-electron chi connectivity index (χ0n) is 10.6. The Labute approximate surface area is 107 Å². The summed E-state index contributed by atoms with van der Waals surface area (Å²) in [5.74, 6) is 1.02. The largest absolute Gasteiger partial charge is 0.307 e. The number of nitrogens with zero attached hydrogens (tertiary/aromatic N) is 3. The fourth-order valence-electron chi connectivity index (χ4n) is 2.03. The van der Waals surface area contributed by atoms with Gasteiger partial charge in [0.1, 0.15) is 12.2 Å². The number of aryl methyl sites for hydroxylation is 1. The number of rotatable bonds is 5. The Kier molecular flexibility index (Phi) is 3.11. The van der Waals surface area contributed by atoms with Gasteiger partial charge in [-0.15, -0.1) is 0 Å². The summed E-state index contributed by atoms with van der Waals surface area (Å²) < 4.78 is 1.98. The second-order valence-corrected chi connectivity index (χ2v) is 4.92.